The number of benzene rings is 3. The first-order chi connectivity index (χ1) is 14.8. The highest BCUT2D eigenvalue weighted by Crippen LogP contribution is 2.40. The third-order valence-electron chi connectivity index (χ3n) is 5.80. The molecular weight excluding hydrogens is 372 g/mol. The maximum Gasteiger partial charge on any atom is 0.165 e. The molecule has 1 N–H and O–H groups in total. The molecule has 0 aromatic heterocycles. The Kier molecular flexibility index (Phi) is 6.67. The molecule has 1 fully saturated rings. The molecule has 1 atom stereocenters. The molecule has 1 aliphatic heterocycles. The maximum absolute atomic E-state index is 5.82. The summed E-state index contributed by atoms with van der Waals surface area (Å²) in [5, 5.41) is 3.52. The summed E-state index contributed by atoms with van der Waals surface area (Å²) < 4.78 is 11.4. The van der Waals surface area contributed by atoms with E-state index in [-0.39, 0.29) is 6.04 Å². The van der Waals surface area contributed by atoms with Crippen LogP contribution in [0.4, 0.5) is 0 Å². The number of rotatable bonds is 6. The number of nitrogens with one attached hydrogen (secondary N) is 1. The minimum absolute atomic E-state index is 0.111. The van der Waals surface area contributed by atoms with E-state index in [9.17, 15) is 0 Å². The predicted molar refractivity (Wildman–Crippen MR) is 122 cm³/mol. The molecule has 1 aliphatic rings. The van der Waals surface area contributed by atoms with Crippen molar-refractivity contribution in [1.29, 1.82) is 0 Å². The van der Waals surface area contributed by atoms with Crippen LogP contribution in [0.3, 0.4) is 0 Å². The molecule has 4 rings (SSSR count). The van der Waals surface area contributed by atoms with Gasteiger partial charge in [0.15, 0.2) is 11.5 Å². The monoisotopic (exact) mass is 402 g/mol. The zero-order chi connectivity index (χ0) is 20.8. The van der Waals surface area contributed by atoms with Crippen molar-refractivity contribution in [3.05, 3.63) is 83.9 Å². The minimum Gasteiger partial charge on any atom is -0.493 e. The molecule has 0 amide bonds. The lowest BCUT2D eigenvalue weighted by Crippen LogP contribution is -2.33. The fourth-order valence-electron chi connectivity index (χ4n) is 4.33. The van der Waals surface area contributed by atoms with Gasteiger partial charge in [-0.25, -0.2) is 0 Å². The van der Waals surface area contributed by atoms with Gasteiger partial charge in [-0.15, -0.1) is 0 Å². The molecule has 0 radical (unpaired) electrons. The third-order valence-corrected chi connectivity index (χ3v) is 5.80. The number of ether oxygens (including phenoxy) is 2. The van der Waals surface area contributed by atoms with Gasteiger partial charge < -0.3 is 14.8 Å². The SMILES string of the molecule is COc1cccc(C(c2ccc(-c3ccccc3)cc2)N2CCCNCC2)c1OC. The van der Waals surface area contributed by atoms with E-state index in [2.05, 4.69) is 76.9 Å². The van der Waals surface area contributed by atoms with Gasteiger partial charge in [0.1, 0.15) is 0 Å². The Labute approximate surface area is 179 Å². The Hall–Kier alpha value is -2.82. The predicted octanol–water partition coefficient (Wildman–Crippen LogP) is 4.76. The van der Waals surface area contributed by atoms with Crippen molar-refractivity contribution >= 4 is 0 Å². The van der Waals surface area contributed by atoms with E-state index in [4.69, 9.17) is 9.47 Å². The molecule has 3 aromatic carbocycles. The Morgan fingerprint density at radius 2 is 1.53 bits per heavy atom. The van der Waals surface area contributed by atoms with Crippen LogP contribution >= 0.6 is 0 Å². The van der Waals surface area contributed by atoms with Crippen LogP contribution in [0.2, 0.25) is 0 Å². The number of nitrogens with zero attached hydrogens (tertiary/aromatic N) is 1. The normalized spacial score (nSPS) is 15.9. The fourth-order valence-corrected chi connectivity index (χ4v) is 4.33. The molecule has 30 heavy (non-hydrogen) atoms. The number of hydrogen-bond donors (Lipinski definition) is 1. The van der Waals surface area contributed by atoms with Crippen LogP contribution in [-0.4, -0.2) is 45.3 Å². The summed E-state index contributed by atoms with van der Waals surface area (Å²) in [5.74, 6) is 1.59. The van der Waals surface area contributed by atoms with Gasteiger partial charge in [0.05, 0.1) is 20.3 Å². The largest absolute Gasteiger partial charge is 0.493 e. The molecule has 3 aromatic rings. The Morgan fingerprint density at radius 3 is 2.27 bits per heavy atom. The van der Waals surface area contributed by atoms with Crippen molar-refractivity contribution < 1.29 is 9.47 Å². The summed E-state index contributed by atoms with van der Waals surface area (Å²) in [6, 6.07) is 25.8. The summed E-state index contributed by atoms with van der Waals surface area (Å²) in [6.45, 7) is 4.08. The van der Waals surface area contributed by atoms with E-state index in [1.165, 1.54) is 16.7 Å². The highest BCUT2D eigenvalue weighted by Gasteiger charge is 2.27. The van der Waals surface area contributed by atoms with Crippen LogP contribution in [0, 0.1) is 0 Å². The van der Waals surface area contributed by atoms with Gasteiger partial charge in [0, 0.05) is 25.2 Å². The molecule has 0 spiro atoms. The van der Waals surface area contributed by atoms with Crippen molar-refractivity contribution in [2.75, 3.05) is 40.4 Å². The van der Waals surface area contributed by atoms with Gasteiger partial charge in [-0.1, -0.05) is 66.7 Å². The number of para-hydroxylation sites is 1. The Balaban J connectivity index is 1.76. The second-order valence-corrected chi connectivity index (χ2v) is 7.61. The van der Waals surface area contributed by atoms with Gasteiger partial charge in [0.25, 0.3) is 0 Å². The summed E-state index contributed by atoms with van der Waals surface area (Å²) in [4.78, 5) is 2.55. The minimum atomic E-state index is 0.111. The number of hydrogen-bond acceptors (Lipinski definition) is 4. The zero-order valence-corrected chi connectivity index (χ0v) is 17.8. The van der Waals surface area contributed by atoms with Crippen LogP contribution in [0.1, 0.15) is 23.6 Å². The molecule has 4 heteroatoms. The van der Waals surface area contributed by atoms with E-state index in [0.29, 0.717) is 0 Å². The van der Waals surface area contributed by atoms with Crippen molar-refractivity contribution in [3.8, 4) is 22.6 Å². The van der Waals surface area contributed by atoms with Gasteiger partial charge in [-0.2, -0.15) is 0 Å². The molecule has 1 saturated heterocycles. The lowest BCUT2D eigenvalue weighted by atomic mass is 9.93. The van der Waals surface area contributed by atoms with Crippen molar-refractivity contribution in [3.63, 3.8) is 0 Å². The lowest BCUT2D eigenvalue weighted by molar-refractivity contribution is 0.234. The van der Waals surface area contributed by atoms with Gasteiger partial charge >= 0.3 is 0 Å². The smallest absolute Gasteiger partial charge is 0.165 e. The van der Waals surface area contributed by atoms with Crippen LogP contribution in [0.25, 0.3) is 11.1 Å². The molecular formula is C26H30N2O2. The van der Waals surface area contributed by atoms with E-state index in [0.717, 1.165) is 49.7 Å². The molecule has 156 valence electrons. The van der Waals surface area contributed by atoms with E-state index >= 15 is 0 Å². The summed E-state index contributed by atoms with van der Waals surface area (Å²) in [5.41, 5.74) is 4.88. The highest BCUT2D eigenvalue weighted by atomic mass is 16.5. The quantitative estimate of drug-likeness (QED) is 0.645. The Morgan fingerprint density at radius 1 is 0.767 bits per heavy atom. The third kappa shape index (κ3) is 4.35. The van der Waals surface area contributed by atoms with Gasteiger partial charge in [0.2, 0.25) is 0 Å². The first-order valence-corrected chi connectivity index (χ1v) is 10.6. The van der Waals surface area contributed by atoms with Gasteiger partial charge in [-0.3, -0.25) is 4.90 Å². The molecule has 1 heterocycles. The molecule has 1 unspecified atom stereocenters. The summed E-state index contributed by atoms with van der Waals surface area (Å²) in [7, 11) is 3.42. The highest BCUT2D eigenvalue weighted by molar-refractivity contribution is 5.64. The average molecular weight is 403 g/mol. The average Bonchev–Trinajstić information content (AvgIpc) is 3.09. The summed E-state index contributed by atoms with van der Waals surface area (Å²) >= 11 is 0. The van der Waals surface area contributed by atoms with Crippen molar-refractivity contribution in [1.82, 2.24) is 10.2 Å². The van der Waals surface area contributed by atoms with Crippen molar-refractivity contribution in [2.24, 2.45) is 0 Å². The van der Waals surface area contributed by atoms with E-state index < -0.39 is 0 Å². The number of methoxy groups -OCH3 is 2. The van der Waals surface area contributed by atoms with Crippen molar-refractivity contribution in [2.45, 2.75) is 12.5 Å². The van der Waals surface area contributed by atoms with Crippen LogP contribution in [-0.2, 0) is 0 Å². The standard InChI is InChI=1S/C26H30N2O2/c1-29-24-11-6-10-23(26(24)30-2)25(28-18-7-16-27-17-19-28)22-14-12-21(13-15-22)20-8-4-3-5-9-20/h3-6,8-15,25,27H,7,16-19H2,1-2H3. The first-order valence-electron chi connectivity index (χ1n) is 10.6. The van der Waals surface area contributed by atoms with Crippen LogP contribution in [0.15, 0.2) is 72.8 Å². The molecule has 4 nitrogen and oxygen atoms in total. The fraction of sp³-hybridized carbons (Fsp3) is 0.308. The zero-order valence-electron chi connectivity index (χ0n) is 17.8. The van der Waals surface area contributed by atoms with E-state index in [1.54, 1.807) is 14.2 Å². The van der Waals surface area contributed by atoms with Crippen LogP contribution < -0.4 is 14.8 Å². The van der Waals surface area contributed by atoms with E-state index in [1.807, 2.05) is 6.07 Å². The molecule has 0 saturated carbocycles. The summed E-state index contributed by atoms with van der Waals surface area (Å²) in [6.07, 6.45) is 1.13. The Bertz CT molecular complexity index is 933. The maximum atomic E-state index is 5.82. The topological polar surface area (TPSA) is 33.7 Å². The van der Waals surface area contributed by atoms with Crippen LogP contribution in [0.5, 0.6) is 11.5 Å². The molecule has 0 aliphatic carbocycles. The second kappa shape index (κ2) is 9.79. The van der Waals surface area contributed by atoms with Gasteiger partial charge in [-0.05, 0) is 35.7 Å². The molecule has 0 bridgehead atoms. The second-order valence-electron chi connectivity index (χ2n) is 7.61. The lowest BCUT2D eigenvalue weighted by Gasteiger charge is -2.32. The first kappa shape index (κ1) is 20.5.